The van der Waals surface area contributed by atoms with E-state index in [1.54, 1.807) is 17.1 Å². The predicted molar refractivity (Wildman–Crippen MR) is 74.7 cm³/mol. The third-order valence-corrected chi connectivity index (χ3v) is 3.37. The number of rotatable bonds is 5. The molecule has 2 aromatic heterocycles. The fourth-order valence-corrected chi connectivity index (χ4v) is 1.87. The molecule has 0 aliphatic heterocycles. The van der Waals surface area contributed by atoms with E-state index < -0.39 is 17.9 Å². The number of carbonyl (C=O) groups is 2. The molecule has 1 amide bonds. The van der Waals surface area contributed by atoms with Gasteiger partial charge in [-0.2, -0.15) is 10.2 Å². The van der Waals surface area contributed by atoms with Gasteiger partial charge in [-0.25, -0.2) is 4.79 Å². The van der Waals surface area contributed by atoms with Gasteiger partial charge in [-0.3, -0.25) is 14.6 Å². The fourth-order valence-electron chi connectivity index (χ4n) is 1.87. The SMILES string of the molecule is CCn1cc(-c2[nH]ncc2C(=O)N(C)C(C)C(=O)O)cn1. The summed E-state index contributed by atoms with van der Waals surface area (Å²) in [5, 5.41) is 19.8. The molecule has 0 aliphatic carbocycles. The van der Waals surface area contributed by atoms with Crippen molar-refractivity contribution in [3.63, 3.8) is 0 Å². The smallest absolute Gasteiger partial charge is 0.326 e. The summed E-state index contributed by atoms with van der Waals surface area (Å²) in [4.78, 5) is 24.5. The summed E-state index contributed by atoms with van der Waals surface area (Å²) in [6.07, 6.45) is 4.82. The van der Waals surface area contributed by atoms with Crippen LogP contribution in [0.4, 0.5) is 0 Å². The van der Waals surface area contributed by atoms with Crippen LogP contribution in [0.5, 0.6) is 0 Å². The van der Waals surface area contributed by atoms with Crippen LogP contribution in [0.3, 0.4) is 0 Å². The van der Waals surface area contributed by atoms with E-state index in [-0.39, 0.29) is 0 Å². The van der Waals surface area contributed by atoms with Gasteiger partial charge in [0.2, 0.25) is 0 Å². The number of carbonyl (C=O) groups excluding carboxylic acids is 1. The van der Waals surface area contributed by atoms with Gasteiger partial charge in [0, 0.05) is 25.4 Å². The van der Waals surface area contributed by atoms with Crippen LogP contribution in [0.15, 0.2) is 18.6 Å². The van der Waals surface area contributed by atoms with E-state index in [1.807, 2.05) is 6.92 Å². The Kier molecular flexibility index (Phi) is 4.06. The molecule has 2 aromatic rings. The summed E-state index contributed by atoms with van der Waals surface area (Å²) in [6.45, 7) is 4.13. The van der Waals surface area contributed by atoms with E-state index in [0.29, 0.717) is 17.8 Å². The number of aromatic amines is 1. The molecule has 1 unspecified atom stereocenters. The highest BCUT2D eigenvalue weighted by molar-refractivity contribution is 6.01. The molecule has 0 saturated carbocycles. The van der Waals surface area contributed by atoms with Crippen molar-refractivity contribution < 1.29 is 14.7 Å². The molecular weight excluding hydrogens is 274 g/mol. The first-order chi connectivity index (χ1) is 9.95. The lowest BCUT2D eigenvalue weighted by Gasteiger charge is -2.21. The maximum atomic E-state index is 12.4. The summed E-state index contributed by atoms with van der Waals surface area (Å²) in [7, 11) is 1.45. The number of hydrogen-bond donors (Lipinski definition) is 2. The number of amides is 1. The average molecular weight is 291 g/mol. The summed E-state index contributed by atoms with van der Waals surface area (Å²) < 4.78 is 1.73. The van der Waals surface area contributed by atoms with E-state index in [9.17, 15) is 9.59 Å². The molecule has 2 rings (SSSR count). The number of likely N-dealkylation sites (N-methyl/N-ethyl adjacent to an activating group) is 1. The predicted octanol–water partition coefficient (Wildman–Crippen LogP) is 0.838. The number of aryl methyl sites for hydroxylation is 1. The molecule has 112 valence electrons. The van der Waals surface area contributed by atoms with Crippen LogP contribution in [-0.2, 0) is 11.3 Å². The van der Waals surface area contributed by atoms with Crippen LogP contribution in [0.25, 0.3) is 11.3 Å². The first kappa shape index (κ1) is 14.8. The molecule has 2 N–H and O–H groups in total. The minimum Gasteiger partial charge on any atom is -0.480 e. The van der Waals surface area contributed by atoms with Crippen LogP contribution in [-0.4, -0.2) is 55.0 Å². The number of nitrogens with zero attached hydrogens (tertiary/aromatic N) is 4. The molecule has 8 heteroatoms. The summed E-state index contributed by atoms with van der Waals surface area (Å²) >= 11 is 0. The van der Waals surface area contributed by atoms with Crippen LogP contribution in [0.1, 0.15) is 24.2 Å². The minimum atomic E-state index is -1.06. The molecule has 0 fully saturated rings. The topological polar surface area (TPSA) is 104 Å². The highest BCUT2D eigenvalue weighted by Gasteiger charge is 2.26. The highest BCUT2D eigenvalue weighted by atomic mass is 16.4. The molecule has 8 nitrogen and oxygen atoms in total. The van der Waals surface area contributed by atoms with E-state index in [2.05, 4.69) is 15.3 Å². The Hall–Kier alpha value is -2.64. The van der Waals surface area contributed by atoms with Crippen LogP contribution in [0, 0.1) is 0 Å². The molecule has 0 aliphatic rings. The van der Waals surface area contributed by atoms with Gasteiger partial charge in [0.05, 0.1) is 23.7 Å². The van der Waals surface area contributed by atoms with Crippen molar-refractivity contribution in [2.24, 2.45) is 0 Å². The second-order valence-corrected chi connectivity index (χ2v) is 4.67. The largest absolute Gasteiger partial charge is 0.480 e. The second kappa shape index (κ2) is 5.78. The van der Waals surface area contributed by atoms with Crippen molar-refractivity contribution in [3.8, 4) is 11.3 Å². The molecule has 0 spiro atoms. The van der Waals surface area contributed by atoms with E-state index in [0.717, 1.165) is 5.56 Å². The lowest BCUT2D eigenvalue weighted by atomic mass is 10.1. The molecule has 0 aromatic carbocycles. The number of nitrogens with one attached hydrogen (secondary N) is 1. The number of aliphatic carboxylic acids is 1. The zero-order valence-corrected chi connectivity index (χ0v) is 12.1. The number of hydrogen-bond acceptors (Lipinski definition) is 4. The third-order valence-electron chi connectivity index (χ3n) is 3.37. The quantitative estimate of drug-likeness (QED) is 0.849. The van der Waals surface area contributed by atoms with Gasteiger partial charge < -0.3 is 10.0 Å². The number of carboxylic acids is 1. The Balaban J connectivity index is 2.31. The Morgan fingerprint density at radius 1 is 1.48 bits per heavy atom. The first-order valence-corrected chi connectivity index (χ1v) is 6.51. The summed E-state index contributed by atoms with van der Waals surface area (Å²) in [6, 6.07) is -0.918. The maximum Gasteiger partial charge on any atom is 0.326 e. The lowest BCUT2D eigenvalue weighted by molar-refractivity contribution is -0.141. The highest BCUT2D eigenvalue weighted by Crippen LogP contribution is 2.22. The third kappa shape index (κ3) is 2.78. The monoisotopic (exact) mass is 291 g/mol. The molecular formula is C13H17N5O3. The average Bonchev–Trinajstić information content (AvgIpc) is 3.12. The number of H-pyrrole nitrogens is 1. The van der Waals surface area contributed by atoms with Gasteiger partial charge >= 0.3 is 5.97 Å². The van der Waals surface area contributed by atoms with Crippen molar-refractivity contribution in [3.05, 3.63) is 24.2 Å². The normalized spacial score (nSPS) is 12.1. The molecule has 1 atom stereocenters. The first-order valence-electron chi connectivity index (χ1n) is 6.51. The Morgan fingerprint density at radius 3 is 2.76 bits per heavy atom. The van der Waals surface area contributed by atoms with E-state index in [4.69, 9.17) is 5.11 Å². The summed E-state index contributed by atoms with van der Waals surface area (Å²) in [5.41, 5.74) is 1.58. The van der Waals surface area contributed by atoms with Crippen molar-refractivity contribution in [2.45, 2.75) is 26.4 Å². The fraction of sp³-hybridized carbons (Fsp3) is 0.385. The van der Waals surface area contributed by atoms with Gasteiger partial charge in [-0.05, 0) is 13.8 Å². The molecule has 0 saturated heterocycles. The van der Waals surface area contributed by atoms with Crippen molar-refractivity contribution in [2.75, 3.05) is 7.05 Å². The zero-order chi connectivity index (χ0) is 15.6. The zero-order valence-electron chi connectivity index (χ0n) is 12.1. The lowest BCUT2D eigenvalue weighted by Crippen LogP contribution is -2.40. The van der Waals surface area contributed by atoms with Gasteiger partial charge in [0.1, 0.15) is 6.04 Å². The Morgan fingerprint density at radius 2 is 2.19 bits per heavy atom. The standard InChI is InChI=1S/C13H17N5O3/c1-4-18-7-9(5-15-18)11-10(6-14-16-11)12(19)17(3)8(2)13(20)21/h5-8H,4H2,1-3H3,(H,14,16)(H,20,21). The number of aromatic nitrogens is 4. The van der Waals surface area contributed by atoms with Gasteiger partial charge in [0.15, 0.2) is 0 Å². The molecule has 0 bridgehead atoms. The number of carboxylic acid groups (broad SMARTS) is 1. The van der Waals surface area contributed by atoms with Gasteiger partial charge in [0.25, 0.3) is 5.91 Å². The Bertz CT molecular complexity index is 660. The molecule has 2 heterocycles. The molecule has 21 heavy (non-hydrogen) atoms. The Labute approximate surface area is 121 Å². The van der Waals surface area contributed by atoms with E-state index >= 15 is 0 Å². The second-order valence-electron chi connectivity index (χ2n) is 4.67. The van der Waals surface area contributed by atoms with Crippen LogP contribution < -0.4 is 0 Å². The van der Waals surface area contributed by atoms with Gasteiger partial charge in [-0.15, -0.1) is 0 Å². The van der Waals surface area contributed by atoms with E-state index in [1.165, 1.54) is 25.1 Å². The summed E-state index contributed by atoms with van der Waals surface area (Å²) in [5.74, 6) is -1.47. The maximum absolute atomic E-state index is 12.4. The van der Waals surface area contributed by atoms with Crippen LogP contribution in [0.2, 0.25) is 0 Å². The van der Waals surface area contributed by atoms with Crippen molar-refractivity contribution in [1.82, 2.24) is 24.9 Å². The minimum absolute atomic E-state index is 0.321. The van der Waals surface area contributed by atoms with Crippen molar-refractivity contribution >= 4 is 11.9 Å². The van der Waals surface area contributed by atoms with Crippen LogP contribution >= 0.6 is 0 Å². The van der Waals surface area contributed by atoms with Crippen molar-refractivity contribution in [1.29, 1.82) is 0 Å². The molecule has 0 radical (unpaired) electrons. The van der Waals surface area contributed by atoms with Gasteiger partial charge in [-0.1, -0.05) is 0 Å².